The molecule has 2 aliphatic heterocycles. The number of nitrogens with zero attached hydrogens (tertiary/aromatic N) is 1. The van der Waals surface area contributed by atoms with E-state index < -0.39 is 16.1 Å². The molecule has 31 heavy (non-hydrogen) atoms. The third kappa shape index (κ3) is 4.86. The first-order chi connectivity index (χ1) is 15.0. The molecule has 0 aromatic heterocycles. The van der Waals surface area contributed by atoms with Crippen molar-refractivity contribution < 1.29 is 32.2 Å². The molecule has 2 aromatic rings. The van der Waals surface area contributed by atoms with Crippen molar-refractivity contribution >= 4 is 21.6 Å². The van der Waals surface area contributed by atoms with E-state index >= 15 is 0 Å². The lowest BCUT2D eigenvalue weighted by atomic mass is 10.2. The third-order valence-corrected chi connectivity index (χ3v) is 6.28. The van der Waals surface area contributed by atoms with Gasteiger partial charge in [-0.25, -0.2) is 8.42 Å². The minimum absolute atomic E-state index is 0.0129. The molecule has 1 amide bonds. The maximum Gasteiger partial charge on any atom is 0.267 e. The SMILES string of the molecule is CCOc1ccc(NS(=O)(=O)c2ccc3c(c2)OCC(C(=O)N2CCOCC2)O3)cc1. The zero-order valence-electron chi connectivity index (χ0n) is 17.1. The van der Waals surface area contributed by atoms with Crippen LogP contribution < -0.4 is 18.9 Å². The Bertz CT molecular complexity index is 1030. The smallest absolute Gasteiger partial charge is 0.267 e. The summed E-state index contributed by atoms with van der Waals surface area (Å²) in [5.41, 5.74) is 0.412. The largest absolute Gasteiger partial charge is 0.494 e. The highest BCUT2D eigenvalue weighted by atomic mass is 32.2. The average Bonchev–Trinajstić information content (AvgIpc) is 2.80. The fourth-order valence-corrected chi connectivity index (χ4v) is 4.40. The molecule has 1 N–H and O–H groups in total. The molecule has 9 nitrogen and oxygen atoms in total. The summed E-state index contributed by atoms with van der Waals surface area (Å²) in [6, 6.07) is 10.9. The molecular weight excluding hydrogens is 424 g/mol. The molecule has 2 aromatic carbocycles. The van der Waals surface area contributed by atoms with Gasteiger partial charge in [0.05, 0.1) is 24.7 Å². The van der Waals surface area contributed by atoms with Crippen LogP contribution in [0.2, 0.25) is 0 Å². The monoisotopic (exact) mass is 448 g/mol. The summed E-state index contributed by atoms with van der Waals surface area (Å²) in [6.45, 7) is 4.44. The fraction of sp³-hybridized carbons (Fsp3) is 0.381. The van der Waals surface area contributed by atoms with E-state index in [4.69, 9.17) is 18.9 Å². The van der Waals surface area contributed by atoms with E-state index in [-0.39, 0.29) is 23.2 Å². The molecule has 4 rings (SSSR count). The van der Waals surface area contributed by atoms with Gasteiger partial charge in [0.15, 0.2) is 11.5 Å². The predicted molar refractivity (Wildman–Crippen MR) is 112 cm³/mol. The number of nitrogens with one attached hydrogen (secondary N) is 1. The minimum Gasteiger partial charge on any atom is -0.494 e. The highest BCUT2D eigenvalue weighted by molar-refractivity contribution is 7.92. The molecule has 1 atom stereocenters. The molecule has 2 aliphatic rings. The van der Waals surface area contributed by atoms with Gasteiger partial charge in [-0.3, -0.25) is 9.52 Å². The normalized spacial score (nSPS) is 18.4. The number of hydrogen-bond acceptors (Lipinski definition) is 7. The first kappa shape index (κ1) is 21.3. The molecule has 0 radical (unpaired) electrons. The van der Waals surface area contributed by atoms with Gasteiger partial charge in [-0.2, -0.15) is 0 Å². The Kier molecular flexibility index (Phi) is 6.19. The average molecular weight is 448 g/mol. The van der Waals surface area contributed by atoms with Crippen molar-refractivity contribution in [1.29, 1.82) is 0 Å². The van der Waals surface area contributed by atoms with Crippen molar-refractivity contribution in [3.63, 3.8) is 0 Å². The zero-order valence-corrected chi connectivity index (χ0v) is 17.9. The van der Waals surface area contributed by atoms with Gasteiger partial charge in [-0.1, -0.05) is 0 Å². The number of anilines is 1. The van der Waals surface area contributed by atoms with Crippen LogP contribution in [0.15, 0.2) is 47.4 Å². The number of fused-ring (bicyclic) bond motifs is 1. The van der Waals surface area contributed by atoms with Crippen LogP contribution in [0.25, 0.3) is 0 Å². The maximum atomic E-state index is 12.8. The first-order valence-electron chi connectivity index (χ1n) is 10.0. The Labute approximate surface area is 180 Å². The van der Waals surface area contributed by atoms with E-state index in [2.05, 4.69) is 4.72 Å². The summed E-state index contributed by atoms with van der Waals surface area (Å²) < 4.78 is 50.1. The Morgan fingerprint density at radius 1 is 1.13 bits per heavy atom. The molecule has 1 saturated heterocycles. The van der Waals surface area contributed by atoms with Crippen LogP contribution in [0.5, 0.6) is 17.2 Å². The predicted octanol–water partition coefficient (Wildman–Crippen LogP) is 1.88. The number of hydrogen-bond donors (Lipinski definition) is 1. The summed E-state index contributed by atoms with van der Waals surface area (Å²) in [5, 5.41) is 0. The van der Waals surface area contributed by atoms with Crippen LogP contribution in [0.1, 0.15) is 6.92 Å². The molecular formula is C21H24N2O7S. The minimum atomic E-state index is -3.83. The van der Waals surface area contributed by atoms with Gasteiger partial charge in [-0.05, 0) is 43.3 Å². The molecule has 10 heteroatoms. The molecule has 0 spiro atoms. The van der Waals surface area contributed by atoms with Gasteiger partial charge in [0.25, 0.3) is 15.9 Å². The van der Waals surface area contributed by atoms with Crippen LogP contribution >= 0.6 is 0 Å². The second-order valence-corrected chi connectivity index (χ2v) is 8.71. The summed E-state index contributed by atoms with van der Waals surface area (Å²) in [5.74, 6) is 1.10. The Balaban J connectivity index is 1.45. The molecule has 2 heterocycles. The Hall–Kier alpha value is -2.98. The number of sulfonamides is 1. The Morgan fingerprint density at radius 2 is 1.87 bits per heavy atom. The summed E-state index contributed by atoms with van der Waals surface area (Å²) in [6.07, 6.45) is -0.768. The lowest BCUT2D eigenvalue weighted by molar-refractivity contribution is -0.145. The van der Waals surface area contributed by atoms with E-state index in [0.29, 0.717) is 50.1 Å². The third-order valence-electron chi connectivity index (χ3n) is 4.90. The van der Waals surface area contributed by atoms with Crippen molar-refractivity contribution in [1.82, 2.24) is 4.90 Å². The van der Waals surface area contributed by atoms with Crippen molar-refractivity contribution in [3.8, 4) is 17.2 Å². The number of rotatable bonds is 6. The van der Waals surface area contributed by atoms with Crippen LogP contribution in [-0.4, -0.2) is 64.8 Å². The van der Waals surface area contributed by atoms with Gasteiger partial charge >= 0.3 is 0 Å². The number of ether oxygens (including phenoxy) is 4. The van der Waals surface area contributed by atoms with Gasteiger partial charge in [-0.15, -0.1) is 0 Å². The van der Waals surface area contributed by atoms with Crippen molar-refractivity contribution in [2.45, 2.75) is 17.9 Å². The van der Waals surface area contributed by atoms with Crippen LogP contribution in [0, 0.1) is 0 Å². The summed E-state index contributed by atoms with van der Waals surface area (Å²) >= 11 is 0. The highest BCUT2D eigenvalue weighted by Crippen LogP contribution is 2.34. The van der Waals surface area contributed by atoms with Crippen molar-refractivity contribution in [2.75, 3.05) is 44.2 Å². The molecule has 1 fully saturated rings. The van der Waals surface area contributed by atoms with Crippen LogP contribution in [0.4, 0.5) is 5.69 Å². The molecule has 166 valence electrons. The van der Waals surface area contributed by atoms with Gasteiger partial charge in [0.2, 0.25) is 6.10 Å². The zero-order chi connectivity index (χ0) is 21.8. The number of morpholine rings is 1. The molecule has 0 bridgehead atoms. The lowest BCUT2D eigenvalue weighted by Gasteiger charge is -2.32. The standard InChI is InChI=1S/C21H24N2O7S/c1-2-28-16-5-3-15(4-6-16)22-31(25,26)17-7-8-18-19(13-17)29-14-20(30-18)21(24)23-9-11-27-12-10-23/h3-8,13,20,22H,2,9-12,14H2,1H3. The fourth-order valence-electron chi connectivity index (χ4n) is 3.33. The second-order valence-electron chi connectivity index (χ2n) is 7.03. The number of benzene rings is 2. The quantitative estimate of drug-likeness (QED) is 0.720. The van der Waals surface area contributed by atoms with Crippen molar-refractivity contribution in [2.24, 2.45) is 0 Å². The second kappa shape index (κ2) is 9.03. The van der Waals surface area contributed by atoms with E-state index in [1.807, 2.05) is 6.92 Å². The van der Waals surface area contributed by atoms with Crippen molar-refractivity contribution in [3.05, 3.63) is 42.5 Å². The first-order valence-corrected chi connectivity index (χ1v) is 11.5. The molecule has 0 saturated carbocycles. The topological polar surface area (TPSA) is 103 Å². The number of carbonyl (C=O) groups is 1. The lowest BCUT2D eigenvalue weighted by Crippen LogP contribution is -2.50. The highest BCUT2D eigenvalue weighted by Gasteiger charge is 2.32. The van der Waals surface area contributed by atoms with E-state index in [0.717, 1.165) is 0 Å². The van der Waals surface area contributed by atoms with Gasteiger partial charge in [0, 0.05) is 24.8 Å². The van der Waals surface area contributed by atoms with Crippen LogP contribution in [0.3, 0.4) is 0 Å². The van der Waals surface area contributed by atoms with E-state index in [1.54, 1.807) is 29.2 Å². The van der Waals surface area contributed by atoms with E-state index in [1.165, 1.54) is 18.2 Å². The summed E-state index contributed by atoms with van der Waals surface area (Å²) in [7, 11) is -3.83. The summed E-state index contributed by atoms with van der Waals surface area (Å²) in [4.78, 5) is 14.3. The van der Waals surface area contributed by atoms with Gasteiger partial charge < -0.3 is 23.8 Å². The van der Waals surface area contributed by atoms with Gasteiger partial charge in [0.1, 0.15) is 12.4 Å². The number of amides is 1. The van der Waals surface area contributed by atoms with E-state index in [9.17, 15) is 13.2 Å². The Morgan fingerprint density at radius 3 is 2.58 bits per heavy atom. The molecule has 0 aliphatic carbocycles. The van der Waals surface area contributed by atoms with Crippen LogP contribution in [-0.2, 0) is 19.6 Å². The molecule has 1 unspecified atom stereocenters. The maximum absolute atomic E-state index is 12.8. The number of carbonyl (C=O) groups excluding carboxylic acids is 1.